The molecule has 0 aliphatic carbocycles. The Bertz CT molecular complexity index is 823. The van der Waals surface area contributed by atoms with Crippen molar-refractivity contribution >= 4 is 11.5 Å². The van der Waals surface area contributed by atoms with Crippen LogP contribution in [0.15, 0.2) is 49.3 Å². The Kier molecular flexibility index (Phi) is 4.74. The predicted octanol–water partition coefficient (Wildman–Crippen LogP) is 1.42. The van der Waals surface area contributed by atoms with Crippen LogP contribution in [0, 0.1) is 0 Å². The number of aromatic nitrogens is 5. The highest BCUT2D eigenvalue weighted by atomic mass is 15.3. The summed E-state index contributed by atoms with van der Waals surface area (Å²) in [4.78, 5) is 17.4. The summed E-state index contributed by atoms with van der Waals surface area (Å²) in [7, 11) is 2.17. The SMILES string of the molecule is CN1CCN(c2ccc(CNc3cncc(-n4cncn4)n3)cc2)CC1. The van der Waals surface area contributed by atoms with Crippen molar-refractivity contribution in [3.63, 3.8) is 0 Å². The number of hydrogen-bond acceptors (Lipinski definition) is 7. The minimum absolute atomic E-state index is 0.637. The molecule has 0 saturated carbocycles. The number of rotatable bonds is 5. The zero-order valence-electron chi connectivity index (χ0n) is 14.8. The molecule has 1 aromatic carbocycles. The lowest BCUT2D eigenvalue weighted by Crippen LogP contribution is -2.44. The highest BCUT2D eigenvalue weighted by molar-refractivity contribution is 5.48. The molecule has 0 atom stereocenters. The van der Waals surface area contributed by atoms with E-state index >= 15 is 0 Å². The van der Waals surface area contributed by atoms with Crippen LogP contribution in [0.5, 0.6) is 0 Å². The number of likely N-dealkylation sites (N-methyl/N-ethyl adjacent to an activating group) is 1. The van der Waals surface area contributed by atoms with E-state index in [2.05, 4.69) is 66.5 Å². The first-order valence-corrected chi connectivity index (χ1v) is 8.71. The van der Waals surface area contributed by atoms with Gasteiger partial charge in [0.2, 0.25) is 0 Å². The molecular weight excluding hydrogens is 328 g/mol. The van der Waals surface area contributed by atoms with Gasteiger partial charge in [-0.1, -0.05) is 12.1 Å². The molecule has 2 aromatic heterocycles. The molecule has 4 rings (SSSR count). The molecule has 1 aliphatic rings. The molecule has 1 saturated heterocycles. The molecule has 0 amide bonds. The Morgan fingerprint density at radius 3 is 2.54 bits per heavy atom. The molecule has 1 N–H and O–H groups in total. The van der Waals surface area contributed by atoms with Crippen molar-refractivity contribution in [1.82, 2.24) is 29.6 Å². The Labute approximate surface area is 152 Å². The zero-order valence-corrected chi connectivity index (χ0v) is 14.8. The van der Waals surface area contributed by atoms with Crippen LogP contribution in [-0.2, 0) is 6.54 Å². The standard InChI is InChI=1S/C18H22N8/c1-24-6-8-25(9-7-24)16-4-2-15(3-5-16)10-21-17-11-19-12-18(23-17)26-14-20-13-22-26/h2-5,11-14H,6-10H2,1H3,(H,21,23). The average molecular weight is 350 g/mol. The summed E-state index contributed by atoms with van der Waals surface area (Å²) in [5, 5.41) is 7.38. The lowest BCUT2D eigenvalue weighted by Gasteiger charge is -2.34. The monoisotopic (exact) mass is 350 g/mol. The third-order valence-corrected chi connectivity index (χ3v) is 4.55. The van der Waals surface area contributed by atoms with Gasteiger partial charge in [-0.15, -0.1) is 0 Å². The zero-order chi connectivity index (χ0) is 17.8. The van der Waals surface area contributed by atoms with Gasteiger partial charge in [0.05, 0.1) is 12.4 Å². The van der Waals surface area contributed by atoms with Crippen molar-refractivity contribution in [2.45, 2.75) is 6.54 Å². The second-order valence-corrected chi connectivity index (χ2v) is 6.41. The lowest BCUT2D eigenvalue weighted by molar-refractivity contribution is 0.313. The van der Waals surface area contributed by atoms with Gasteiger partial charge in [-0.05, 0) is 24.7 Å². The number of nitrogens with zero attached hydrogens (tertiary/aromatic N) is 7. The molecule has 0 spiro atoms. The summed E-state index contributed by atoms with van der Waals surface area (Å²) in [6, 6.07) is 8.71. The Morgan fingerprint density at radius 2 is 1.81 bits per heavy atom. The summed E-state index contributed by atoms with van der Waals surface area (Å²) in [6.07, 6.45) is 6.44. The van der Waals surface area contributed by atoms with Crippen LogP contribution in [0.2, 0.25) is 0 Å². The van der Waals surface area contributed by atoms with Gasteiger partial charge in [-0.2, -0.15) is 5.10 Å². The molecule has 0 radical (unpaired) electrons. The quantitative estimate of drug-likeness (QED) is 0.746. The Morgan fingerprint density at radius 1 is 1.00 bits per heavy atom. The van der Waals surface area contributed by atoms with Gasteiger partial charge in [-0.25, -0.2) is 14.6 Å². The summed E-state index contributed by atoms with van der Waals surface area (Å²) in [5.74, 6) is 1.35. The number of piperazine rings is 1. The molecule has 3 aromatic rings. The highest BCUT2D eigenvalue weighted by Crippen LogP contribution is 2.17. The molecule has 8 nitrogen and oxygen atoms in total. The van der Waals surface area contributed by atoms with Crippen molar-refractivity contribution in [2.24, 2.45) is 0 Å². The molecule has 1 fully saturated rings. The molecule has 0 bridgehead atoms. The molecule has 3 heterocycles. The van der Waals surface area contributed by atoms with E-state index in [1.807, 2.05) is 0 Å². The topological polar surface area (TPSA) is 75.0 Å². The summed E-state index contributed by atoms with van der Waals surface area (Å²) in [6.45, 7) is 5.09. The molecular formula is C18H22N8. The maximum absolute atomic E-state index is 4.50. The first kappa shape index (κ1) is 16.5. The van der Waals surface area contributed by atoms with Gasteiger partial charge in [0.25, 0.3) is 0 Å². The van der Waals surface area contributed by atoms with Crippen molar-refractivity contribution in [2.75, 3.05) is 43.4 Å². The van der Waals surface area contributed by atoms with E-state index < -0.39 is 0 Å². The van der Waals surface area contributed by atoms with Crippen molar-refractivity contribution < 1.29 is 0 Å². The summed E-state index contributed by atoms with van der Waals surface area (Å²) in [5.41, 5.74) is 2.49. The number of anilines is 2. The van der Waals surface area contributed by atoms with E-state index in [1.165, 1.54) is 17.6 Å². The number of benzene rings is 1. The first-order valence-electron chi connectivity index (χ1n) is 8.71. The maximum atomic E-state index is 4.50. The molecule has 0 unspecified atom stereocenters. The van der Waals surface area contributed by atoms with Gasteiger partial charge in [-0.3, -0.25) is 4.98 Å². The molecule has 8 heteroatoms. The average Bonchev–Trinajstić information content (AvgIpc) is 3.23. The maximum Gasteiger partial charge on any atom is 0.175 e. The van der Waals surface area contributed by atoms with Gasteiger partial charge in [0, 0.05) is 38.4 Å². The van der Waals surface area contributed by atoms with Crippen molar-refractivity contribution in [3.05, 3.63) is 54.9 Å². The van der Waals surface area contributed by atoms with Crippen molar-refractivity contribution in [3.8, 4) is 5.82 Å². The van der Waals surface area contributed by atoms with Crippen LogP contribution in [-0.4, -0.2) is 62.9 Å². The first-order chi connectivity index (χ1) is 12.8. The second-order valence-electron chi connectivity index (χ2n) is 6.41. The minimum atomic E-state index is 0.637. The van der Waals surface area contributed by atoms with E-state index in [4.69, 9.17) is 0 Å². The smallest absolute Gasteiger partial charge is 0.175 e. The van der Waals surface area contributed by atoms with Crippen LogP contribution in [0.4, 0.5) is 11.5 Å². The van der Waals surface area contributed by atoms with E-state index in [0.717, 1.165) is 26.2 Å². The van der Waals surface area contributed by atoms with Crippen LogP contribution < -0.4 is 10.2 Å². The fourth-order valence-corrected chi connectivity index (χ4v) is 2.96. The largest absolute Gasteiger partial charge is 0.369 e. The molecule has 26 heavy (non-hydrogen) atoms. The molecule has 1 aliphatic heterocycles. The summed E-state index contributed by atoms with van der Waals surface area (Å²) >= 11 is 0. The Balaban J connectivity index is 1.37. The van der Waals surface area contributed by atoms with E-state index in [-0.39, 0.29) is 0 Å². The van der Waals surface area contributed by atoms with Crippen molar-refractivity contribution in [1.29, 1.82) is 0 Å². The van der Waals surface area contributed by atoms with E-state index in [1.54, 1.807) is 23.4 Å². The van der Waals surface area contributed by atoms with Gasteiger partial charge < -0.3 is 15.1 Å². The van der Waals surface area contributed by atoms with Crippen LogP contribution in [0.3, 0.4) is 0 Å². The lowest BCUT2D eigenvalue weighted by atomic mass is 10.2. The Hall–Kier alpha value is -3.00. The van der Waals surface area contributed by atoms with Gasteiger partial charge >= 0.3 is 0 Å². The third kappa shape index (κ3) is 3.80. The molecule has 134 valence electrons. The van der Waals surface area contributed by atoms with Crippen LogP contribution in [0.1, 0.15) is 5.56 Å². The van der Waals surface area contributed by atoms with E-state index in [9.17, 15) is 0 Å². The normalized spacial score (nSPS) is 15.2. The second kappa shape index (κ2) is 7.49. The number of nitrogens with one attached hydrogen (secondary N) is 1. The fourth-order valence-electron chi connectivity index (χ4n) is 2.96. The van der Waals surface area contributed by atoms with Gasteiger partial charge in [0.15, 0.2) is 5.82 Å². The van der Waals surface area contributed by atoms with E-state index in [0.29, 0.717) is 18.2 Å². The summed E-state index contributed by atoms with van der Waals surface area (Å²) < 4.78 is 1.59. The minimum Gasteiger partial charge on any atom is -0.369 e. The van der Waals surface area contributed by atoms with Crippen LogP contribution >= 0.6 is 0 Å². The predicted molar refractivity (Wildman–Crippen MR) is 100 cm³/mol. The highest BCUT2D eigenvalue weighted by Gasteiger charge is 2.13. The number of hydrogen-bond donors (Lipinski definition) is 1. The van der Waals surface area contributed by atoms with Crippen LogP contribution in [0.25, 0.3) is 5.82 Å². The van der Waals surface area contributed by atoms with Gasteiger partial charge in [0.1, 0.15) is 18.5 Å². The third-order valence-electron chi connectivity index (χ3n) is 4.55. The fraction of sp³-hybridized carbons (Fsp3) is 0.333.